The van der Waals surface area contributed by atoms with Crippen molar-refractivity contribution in [3.8, 4) is 0 Å². The molecule has 0 aromatic carbocycles. The van der Waals surface area contributed by atoms with E-state index in [4.69, 9.17) is 9.15 Å². The summed E-state index contributed by atoms with van der Waals surface area (Å²) in [6.07, 6.45) is 1.50. The predicted molar refractivity (Wildman–Crippen MR) is 60.4 cm³/mol. The highest BCUT2D eigenvalue weighted by Crippen LogP contribution is 2.08. The van der Waals surface area contributed by atoms with E-state index in [2.05, 4.69) is 21.2 Å². The molecule has 15 heavy (non-hydrogen) atoms. The number of hydrogen-bond donors (Lipinski definition) is 1. The highest BCUT2D eigenvalue weighted by atomic mass is 79.9. The number of rotatable bonds is 5. The Hall–Kier alpha value is -0.810. The van der Waals surface area contributed by atoms with Crippen LogP contribution in [-0.4, -0.2) is 31.0 Å². The first kappa shape index (κ1) is 12.3. The number of ether oxygens (including phenoxy) is 1. The fraction of sp³-hybridized carbons (Fsp3) is 0.500. The van der Waals surface area contributed by atoms with Gasteiger partial charge < -0.3 is 14.5 Å². The minimum absolute atomic E-state index is 0.0307. The van der Waals surface area contributed by atoms with Crippen molar-refractivity contribution in [3.63, 3.8) is 0 Å². The van der Waals surface area contributed by atoms with Gasteiger partial charge in [0.2, 0.25) is 0 Å². The molecule has 1 atom stereocenters. The number of nitrogens with one attached hydrogen (secondary N) is 1. The van der Waals surface area contributed by atoms with Crippen LogP contribution in [0.5, 0.6) is 0 Å². The Bertz CT molecular complexity index is 324. The van der Waals surface area contributed by atoms with E-state index in [1.807, 2.05) is 0 Å². The molecule has 1 amide bonds. The summed E-state index contributed by atoms with van der Waals surface area (Å²) in [5, 5.41) is 3.50. The minimum Gasteiger partial charge on any atom is -0.469 e. The largest absolute Gasteiger partial charge is 0.469 e. The molecule has 1 heterocycles. The van der Waals surface area contributed by atoms with Gasteiger partial charge in [-0.1, -0.05) is 15.9 Å². The molecular weight excluding hydrogens is 262 g/mol. The number of alkyl halides is 1. The number of furan rings is 1. The molecule has 0 aliphatic carbocycles. The van der Waals surface area contributed by atoms with Crippen molar-refractivity contribution < 1.29 is 13.9 Å². The first-order valence-corrected chi connectivity index (χ1v) is 5.71. The molecule has 0 saturated carbocycles. The molecule has 0 spiro atoms. The Balaban J connectivity index is 2.58. The van der Waals surface area contributed by atoms with E-state index in [1.54, 1.807) is 20.1 Å². The van der Waals surface area contributed by atoms with Crippen LogP contribution in [0.25, 0.3) is 0 Å². The summed E-state index contributed by atoms with van der Waals surface area (Å²) in [7, 11) is 1.60. The molecule has 5 heteroatoms. The smallest absolute Gasteiger partial charge is 0.255 e. The number of halogens is 1. The molecular formula is C10H14BrNO3. The van der Waals surface area contributed by atoms with Crippen LogP contribution in [0.2, 0.25) is 0 Å². The topological polar surface area (TPSA) is 51.5 Å². The van der Waals surface area contributed by atoms with Crippen molar-refractivity contribution >= 4 is 21.8 Å². The Labute approximate surface area is 97.1 Å². The maximum Gasteiger partial charge on any atom is 0.255 e. The summed E-state index contributed by atoms with van der Waals surface area (Å²) < 4.78 is 10.0. The van der Waals surface area contributed by atoms with Crippen LogP contribution in [0.3, 0.4) is 0 Å². The molecule has 0 fully saturated rings. The van der Waals surface area contributed by atoms with Crippen molar-refractivity contribution in [2.45, 2.75) is 13.0 Å². The van der Waals surface area contributed by atoms with Crippen LogP contribution < -0.4 is 5.32 Å². The average molecular weight is 276 g/mol. The zero-order valence-corrected chi connectivity index (χ0v) is 10.3. The average Bonchev–Trinajstić information content (AvgIpc) is 2.63. The molecule has 1 unspecified atom stereocenters. The second kappa shape index (κ2) is 5.92. The summed E-state index contributed by atoms with van der Waals surface area (Å²) in [6.45, 7) is 2.24. The molecule has 1 rings (SSSR count). The van der Waals surface area contributed by atoms with Crippen LogP contribution in [0, 0.1) is 6.92 Å². The molecule has 0 radical (unpaired) electrons. The lowest BCUT2D eigenvalue weighted by molar-refractivity contribution is 0.0906. The summed E-state index contributed by atoms with van der Waals surface area (Å²) in [6, 6.07) is 1.62. The lowest BCUT2D eigenvalue weighted by Crippen LogP contribution is -2.39. The van der Waals surface area contributed by atoms with Crippen molar-refractivity contribution in [1.82, 2.24) is 5.32 Å². The highest BCUT2D eigenvalue weighted by Gasteiger charge is 2.15. The molecule has 1 aromatic rings. The molecule has 84 valence electrons. The second-order valence-corrected chi connectivity index (χ2v) is 3.82. The first-order chi connectivity index (χ1) is 7.19. The third-order valence-corrected chi connectivity index (χ3v) is 2.77. The van der Waals surface area contributed by atoms with E-state index in [9.17, 15) is 4.79 Å². The monoisotopic (exact) mass is 275 g/mol. The molecule has 1 aromatic heterocycles. The van der Waals surface area contributed by atoms with Gasteiger partial charge in [-0.05, 0) is 13.0 Å². The first-order valence-electron chi connectivity index (χ1n) is 4.59. The maximum absolute atomic E-state index is 11.7. The molecule has 4 nitrogen and oxygen atoms in total. The summed E-state index contributed by atoms with van der Waals surface area (Å²) >= 11 is 3.31. The van der Waals surface area contributed by atoms with E-state index in [0.717, 1.165) is 0 Å². The van der Waals surface area contributed by atoms with Gasteiger partial charge in [-0.25, -0.2) is 0 Å². The zero-order chi connectivity index (χ0) is 11.3. The third-order valence-electron chi connectivity index (χ3n) is 1.99. The molecule has 0 bridgehead atoms. The van der Waals surface area contributed by atoms with Crippen molar-refractivity contribution in [2.75, 3.05) is 19.0 Å². The van der Waals surface area contributed by atoms with Crippen LogP contribution in [0.4, 0.5) is 0 Å². The van der Waals surface area contributed by atoms with E-state index < -0.39 is 0 Å². The fourth-order valence-electron chi connectivity index (χ4n) is 1.21. The number of carbonyl (C=O) groups is 1. The quantitative estimate of drug-likeness (QED) is 0.833. The Kier molecular flexibility index (Phi) is 4.84. The van der Waals surface area contributed by atoms with Gasteiger partial charge in [0.05, 0.1) is 24.5 Å². The molecule has 0 aliphatic rings. The van der Waals surface area contributed by atoms with E-state index in [1.165, 1.54) is 6.26 Å². The number of hydrogen-bond acceptors (Lipinski definition) is 3. The SMILES string of the molecule is COCC(CBr)NC(=O)c1ccoc1C. The van der Waals surface area contributed by atoms with Crippen molar-refractivity contribution in [1.29, 1.82) is 0 Å². The van der Waals surface area contributed by atoms with Gasteiger partial charge in [-0.3, -0.25) is 4.79 Å². The molecule has 0 saturated heterocycles. The van der Waals surface area contributed by atoms with Gasteiger partial charge in [-0.15, -0.1) is 0 Å². The molecule has 1 N–H and O–H groups in total. The van der Waals surface area contributed by atoms with E-state index >= 15 is 0 Å². The lowest BCUT2D eigenvalue weighted by atomic mass is 10.2. The van der Waals surface area contributed by atoms with Crippen LogP contribution in [-0.2, 0) is 4.74 Å². The lowest BCUT2D eigenvalue weighted by Gasteiger charge is -2.14. The van der Waals surface area contributed by atoms with Crippen LogP contribution in [0.15, 0.2) is 16.7 Å². The third kappa shape index (κ3) is 3.35. The van der Waals surface area contributed by atoms with Crippen molar-refractivity contribution in [2.24, 2.45) is 0 Å². The number of carbonyl (C=O) groups excluding carboxylic acids is 1. The Morgan fingerprint density at radius 3 is 2.93 bits per heavy atom. The van der Waals surface area contributed by atoms with E-state index in [0.29, 0.717) is 23.3 Å². The fourth-order valence-corrected chi connectivity index (χ4v) is 1.56. The molecule has 0 aliphatic heterocycles. The normalized spacial score (nSPS) is 12.5. The number of amides is 1. The summed E-state index contributed by atoms with van der Waals surface area (Å²) in [5.41, 5.74) is 0.567. The van der Waals surface area contributed by atoms with Gasteiger partial charge in [0, 0.05) is 12.4 Å². The van der Waals surface area contributed by atoms with Gasteiger partial charge in [0.15, 0.2) is 0 Å². The highest BCUT2D eigenvalue weighted by molar-refractivity contribution is 9.09. The van der Waals surface area contributed by atoms with Gasteiger partial charge >= 0.3 is 0 Å². The van der Waals surface area contributed by atoms with Crippen LogP contribution >= 0.6 is 15.9 Å². The van der Waals surface area contributed by atoms with Crippen molar-refractivity contribution in [3.05, 3.63) is 23.7 Å². The van der Waals surface area contributed by atoms with Gasteiger partial charge in [0.1, 0.15) is 5.76 Å². The number of methoxy groups -OCH3 is 1. The second-order valence-electron chi connectivity index (χ2n) is 3.17. The minimum atomic E-state index is -0.136. The Morgan fingerprint density at radius 2 is 2.47 bits per heavy atom. The zero-order valence-electron chi connectivity index (χ0n) is 8.75. The summed E-state index contributed by atoms with van der Waals surface area (Å²) in [4.78, 5) is 11.7. The van der Waals surface area contributed by atoms with E-state index in [-0.39, 0.29) is 11.9 Å². The van der Waals surface area contributed by atoms with Gasteiger partial charge in [-0.2, -0.15) is 0 Å². The maximum atomic E-state index is 11.7. The van der Waals surface area contributed by atoms with Crippen LogP contribution in [0.1, 0.15) is 16.1 Å². The number of aryl methyl sites for hydroxylation is 1. The summed E-state index contributed by atoms with van der Waals surface area (Å²) in [5.74, 6) is 0.487. The Morgan fingerprint density at radius 1 is 1.73 bits per heavy atom. The van der Waals surface area contributed by atoms with Gasteiger partial charge in [0.25, 0.3) is 5.91 Å². The standard InChI is InChI=1S/C10H14BrNO3/c1-7-9(3-4-15-7)10(13)12-8(5-11)6-14-2/h3-4,8H,5-6H2,1-2H3,(H,12,13). The predicted octanol–water partition coefficient (Wildman–Crippen LogP) is 1.73.